The first-order valence-electron chi connectivity index (χ1n) is 13.3. The van der Waals surface area contributed by atoms with E-state index >= 15 is 0 Å². The molecule has 1 unspecified atom stereocenters. The number of para-hydroxylation sites is 1. The fraction of sp³-hybridized carbons (Fsp3) is 0.357. The topological polar surface area (TPSA) is 120 Å². The number of aromatic nitrogens is 1. The van der Waals surface area contributed by atoms with Crippen LogP contribution in [0.4, 0.5) is 41.0 Å². The number of nitrogens with zero attached hydrogens (tertiary/aromatic N) is 3. The van der Waals surface area contributed by atoms with Crippen molar-refractivity contribution in [1.29, 1.82) is 0 Å². The highest BCUT2D eigenvalue weighted by atomic mass is 19.4. The van der Waals surface area contributed by atoms with Crippen LogP contribution in [0, 0.1) is 5.92 Å². The quantitative estimate of drug-likeness (QED) is 0.388. The Morgan fingerprint density at radius 1 is 1.05 bits per heavy atom. The summed E-state index contributed by atoms with van der Waals surface area (Å²) in [4.78, 5) is 44.6. The van der Waals surface area contributed by atoms with Crippen molar-refractivity contribution in [3.05, 3.63) is 65.5 Å². The van der Waals surface area contributed by atoms with Crippen LogP contribution in [0.3, 0.4) is 0 Å². The Labute approximate surface area is 233 Å². The maximum absolute atomic E-state index is 13.7. The first-order valence-corrected chi connectivity index (χ1v) is 13.3. The average molecular weight is 571 g/mol. The lowest BCUT2D eigenvalue weighted by atomic mass is 10.0. The van der Waals surface area contributed by atoms with Gasteiger partial charge in [0.2, 0.25) is 11.7 Å². The number of piperidine rings is 1. The van der Waals surface area contributed by atoms with Gasteiger partial charge in [0.15, 0.2) is 5.69 Å². The highest BCUT2D eigenvalue weighted by Crippen LogP contribution is 2.36. The number of hydrogen-bond donors (Lipinski definition) is 3. The van der Waals surface area contributed by atoms with Gasteiger partial charge in [-0.15, -0.1) is 0 Å². The number of carbonyl (C=O) groups excluding carboxylic acids is 3. The normalized spacial score (nSPS) is 16.7. The summed E-state index contributed by atoms with van der Waals surface area (Å²) < 4.78 is 46.6. The van der Waals surface area contributed by atoms with Crippen molar-refractivity contribution in [2.45, 2.75) is 32.4 Å². The lowest BCUT2D eigenvalue weighted by molar-refractivity contribution is -0.141. The second-order valence-electron chi connectivity index (χ2n) is 10.1. The van der Waals surface area contributed by atoms with Gasteiger partial charge < -0.3 is 30.2 Å². The number of rotatable bonds is 6. The van der Waals surface area contributed by atoms with Crippen molar-refractivity contribution in [2.24, 2.45) is 5.92 Å². The van der Waals surface area contributed by atoms with Crippen molar-refractivity contribution >= 4 is 40.9 Å². The summed E-state index contributed by atoms with van der Waals surface area (Å²) in [6, 6.07) is 12.7. The molecular weight excluding hydrogens is 541 g/mol. The van der Waals surface area contributed by atoms with Gasteiger partial charge in [-0.1, -0.05) is 25.1 Å². The molecule has 41 heavy (non-hydrogen) atoms. The minimum Gasteiger partial charge on any atom is -0.417 e. The molecule has 216 valence electrons. The van der Waals surface area contributed by atoms with Gasteiger partial charge in [-0.05, 0) is 61.1 Å². The van der Waals surface area contributed by atoms with E-state index in [-0.39, 0.29) is 30.1 Å². The molecule has 0 radical (unpaired) electrons. The van der Waals surface area contributed by atoms with Crippen LogP contribution in [0.15, 0.2) is 52.9 Å². The standard InChI is InChI=1S/C28H29F3N6O4/c1-17-6-5-12-36(16-17)27-35-24(28(29,30)31)23(41-27)25(39)33-20-9-10-21-18(14-20)11-13-37(21)22(38)15-32-26(40)34-19-7-3-2-4-8-19/h2-4,7-10,14,17H,5-6,11-13,15-16H2,1H3,(H,33,39)(H2,32,34,40). The Morgan fingerprint density at radius 3 is 2.56 bits per heavy atom. The van der Waals surface area contributed by atoms with Gasteiger partial charge in [0, 0.05) is 36.7 Å². The Kier molecular flexibility index (Phi) is 7.86. The molecule has 1 fully saturated rings. The van der Waals surface area contributed by atoms with Gasteiger partial charge in [-0.2, -0.15) is 18.2 Å². The molecule has 2 aromatic carbocycles. The summed E-state index contributed by atoms with van der Waals surface area (Å²) >= 11 is 0. The third-order valence-electron chi connectivity index (χ3n) is 6.98. The summed E-state index contributed by atoms with van der Waals surface area (Å²) in [6.07, 6.45) is -2.66. The number of halogens is 3. The van der Waals surface area contributed by atoms with Crippen molar-refractivity contribution in [1.82, 2.24) is 10.3 Å². The molecule has 4 amide bonds. The zero-order valence-corrected chi connectivity index (χ0v) is 22.3. The molecule has 1 atom stereocenters. The smallest absolute Gasteiger partial charge is 0.417 e. The monoisotopic (exact) mass is 570 g/mol. The van der Waals surface area contributed by atoms with E-state index in [1.54, 1.807) is 41.3 Å². The molecule has 0 spiro atoms. The molecule has 3 aromatic rings. The van der Waals surface area contributed by atoms with Gasteiger partial charge in [0.1, 0.15) is 0 Å². The Morgan fingerprint density at radius 2 is 1.83 bits per heavy atom. The van der Waals surface area contributed by atoms with Crippen LogP contribution in [0.1, 0.15) is 41.6 Å². The van der Waals surface area contributed by atoms with Crippen molar-refractivity contribution in [3.8, 4) is 0 Å². The average Bonchev–Trinajstić information content (AvgIpc) is 3.58. The number of carbonyl (C=O) groups is 3. The maximum atomic E-state index is 13.7. The predicted octanol–water partition coefficient (Wildman–Crippen LogP) is 4.89. The number of nitrogens with one attached hydrogen (secondary N) is 3. The fourth-order valence-electron chi connectivity index (χ4n) is 5.03. The lowest BCUT2D eigenvalue weighted by Crippen LogP contribution is -2.41. The number of amides is 4. The number of anilines is 4. The largest absolute Gasteiger partial charge is 0.437 e. The first-order chi connectivity index (χ1) is 19.6. The number of hydrogen-bond acceptors (Lipinski definition) is 6. The molecule has 0 aliphatic carbocycles. The number of urea groups is 1. The highest BCUT2D eigenvalue weighted by molar-refractivity contribution is 6.04. The molecule has 0 saturated carbocycles. The van der Waals surface area contributed by atoms with E-state index in [2.05, 4.69) is 20.9 Å². The summed E-state index contributed by atoms with van der Waals surface area (Å²) in [5.74, 6) is -2.04. The summed E-state index contributed by atoms with van der Waals surface area (Å²) in [5, 5.41) is 7.64. The van der Waals surface area contributed by atoms with E-state index in [1.807, 2.05) is 13.0 Å². The third kappa shape index (κ3) is 6.44. The van der Waals surface area contributed by atoms with E-state index < -0.39 is 29.6 Å². The van der Waals surface area contributed by atoms with Crippen LogP contribution in [0.5, 0.6) is 0 Å². The number of benzene rings is 2. The molecule has 10 nitrogen and oxygen atoms in total. The minimum absolute atomic E-state index is 0.219. The molecule has 0 bridgehead atoms. The van der Waals surface area contributed by atoms with Gasteiger partial charge >= 0.3 is 12.2 Å². The highest BCUT2D eigenvalue weighted by Gasteiger charge is 2.42. The summed E-state index contributed by atoms with van der Waals surface area (Å²) in [6.45, 7) is 3.10. The van der Waals surface area contributed by atoms with Gasteiger partial charge in [-0.3, -0.25) is 9.59 Å². The second-order valence-corrected chi connectivity index (χ2v) is 10.1. The maximum Gasteiger partial charge on any atom is 0.437 e. The van der Waals surface area contributed by atoms with Gasteiger partial charge in [0.05, 0.1) is 6.54 Å². The third-order valence-corrected chi connectivity index (χ3v) is 6.98. The first kappa shape index (κ1) is 28.0. The second kappa shape index (κ2) is 11.5. The number of oxazole rings is 1. The van der Waals surface area contributed by atoms with E-state index in [0.29, 0.717) is 37.4 Å². The van der Waals surface area contributed by atoms with E-state index in [0.717, 1.165) is 18.4 Å². The fourth-order valence-corrected chi connectivity index (χ4v) is 5.03. The van der Waals surface area contributed by atoms with E-state index in [4.69, 9.17) is 4.42 Å². The Hall–Kier alpha value is -4.55. The molecule has 2 aliphatic rings. The van der Waals surface area contributed by atoms with Crippen molar-refractivity contribution in [3.63, 3.8) is 0 Å². The molecule has 5 rings (SSSR count). The van der Waals surface area contributed by atoms with Crippen molar-refractivity contribution < 1.29 is 32.0 Å². The minimum atomic E-state index is -4.87. The van der Waals surface area contributed by atoms with Crippen LogP contribution in [-0.4, -0.2) is 49.0 Å². The number of fused-ring (bicyclic) bond motifs is 1. The zero-order chi connectivity index (χ0) is 29.1. The van der Waals surface area contributed by atoms with Crippen LogP contribution >= 0.6 is 0 Å². The zero-order valence-electron chi connectivity index (χ0n) is 22.3. The predicted molar refractivity (Wildman–Crippen MR) is 146 cm³/mol. The van der Waals surface area contributed by atoms with E-state index in [9.17, 15) is 27.6 Å². The summed E-state index contributed by atoms with van der Waals surface area (Å²) in [5.41, 5.74) is 0.784. The molecule has 3 N–H and O–H groups in total. The molecule has 1 saturated heterocycles. The van der Waals surface area contributed by atoms with Gasteiger partial charge in [-0.25, -0.2) is 4.79 Å². The molecule has 3 heterocycles. The van der Waals surface area contributed by atoms with Crippen molar-refractivity contribution in [2.75, 3.05) is 46.6 Å². The van der Waals surface area contributed by atoms with Gasteiger partial charge in [0.25, 0.3) is 11.9 Å². The Balaban J connectivity index is 1.24. The lowest BCUT2D eigenvalue weighted by Gasteiger charge is -2.29. The molecular formula is C28H29F3N6O4. The molecule has 1 aromatic heterocycles. The van der Waals surface area contributed by atoms with Crippen LogP contribution < -0.4 is 25.8 Å². The number of alkyl halides is 3. The Bertz CT molecular complexity index is 1440. The molecule has 2 aliphatic heterocycles. The SMILES string of the molecule is CC1CCCN(c2nc(C(F)(F)F)c(C(=O)Nc3ccc4c(c3)CCN4C(=O)CNC(=O)Nc3ccccc3)o2)C1. The van der Waals surface area contributed by atoms with Crippen LogP contribution in [-0.2, 0) is 17.4 Å². The van der Waals surface area contributed by atoms with E-state index in [1.165, 1.54) is 11.0 Å². The summed E-state index contributed by atoms with van der Waals surface area (Å²) in [7, 11) is 0. The molecule has 13 heteroatoms. The van der Waals surface area contributed by atoms with Crippen LogP contribution in [0.2, 0.25) is 0 Å². The van der Waals surface area contributed by atoms with Crippen LogP contribution in [0.25, 0.3) is 0 Å².